The first-order valence-corrected chi connectivity index (χ1v) is 6.18. The van der Waals surface area contributed by atoms with Crippen molar-refractivity contribution in [3.63, 3.8) is 0 Å². The van der Waals surface area contributed by atoms with E-state index in [9.17, 15) is 9.59 Å². The monoisotopic (exact) mass is 240 g/mol. The molecule has 0 aliphatic carbocycles. The Morgan fingerprint density at radius 3 is 2.65 bits per heavy atom. The van der Waals surface area contributed by atoms with Crippen LogP contribution in [-0.2, 0) is 19.1 Å². The van der Waals surface area contributed by atoms with Crippen molar-refractivity contribution in [2.24, 2.45) is 0 Å². The lowest BCUT2D eigenvalue weighted by Crippen LogP contribution is -2.06. The number of carbonyl (C=O) groups is 2. The fourth-order valence-corrected chi connectivity index (χ4v) is 1.82. The highest BCUT2D eigenvalue weighted by molar-refractivity contribution is 5.84. The summed E-state index contributed by atoms with van der Waals surface area (Å²) in [7, 11) is 1.42. The average Bonchev–Trinajstić information content (AvgIpc) is 2.73. The van der Waals surface area contributed by atoms with Crippen molar-refractivity contribution in [3.05, 3.63) is 12.2 Å². The van der Waals surface area contributed by atoms with Gasteiger partial charge in [-0.3, -0.25) is 4.79 Å². The quantitative estimate of drug-likeness (QED) is 0.483. The van der Waals surface area contributed by atoms with E-state index in [0.717, 1.165) is 38.5 Å². The molecule has 0 aromatic rings. The van der Waals surface area contributed by atoms with Gasteiger partial charge < -0.3 is 9.47 Å². The molecule has 0 aromatic carbocycles. The van der Waals surface area contributed by atoms with Gasteiger partial charge in [-0.15, -0.1) is 0 Å². The van der Waals surface area contributed by atoms with Gasteiger partial charge in [-0.1, -0.05) is 19.3 Å². The van der Waals surface area contributed by atoms with Crippen LogP contribution in [0.3, 0.4) is 0 Å². The lowest BCUT2D eigenvalue weighted by atomic mass is 10.1. The van der Waals surface area contributed by atoms with E-state index in [1.807, 2.05) is 6.08 Å². The van der Waals surface area contributed by atoms with Gasteiger partial charge in [-0.2, -0.15) is 0 Å². The van der Waals surface area contributed by atoms with E-state index in [0.29, 0.717) is 6.42 Å². The maximum Gasteiger partial charge on any atom is 0.331 e. The number of hydrogen-bond acceptors (Lipinski definition) is 4. The van der Waals surface area contributed by atoms with Crippen molar-refractivity contribution in [3.8, 4) is 0 Å². The normalized spacial score (nSPS) is 18.2. The molecule has 1 atom stereocenters. The number of unbranched alkanes of at least 4 members (excludes halogenated alkanes) is 4. The molecule has 0 aromatic heterocycles. The number of rotatable bonds is 8. The van der Waals surface area contributed by atoms with Crippen LogP contribution in [0.25, 0.3) is 0 Å². The third-order valence-electron chi connectivity index (χ3n) is 2.81. The third kappa shape index (κ3) is 6.09. The van der Waals surface area contributed by atoms with E-state index < -0.39 is 0 Å². The molecule has 96 valence electrons. The summed E-state index contributed by atoms with van der Waals surface area (Å²) in [5, 5.41) is 0. The lowest BCUT2D eigenvalue weighted by Gasteiger charge is -2.07. The van der Waals surface area contributed by atoms with Crippen molar-refractivity contribution in [1.82, 2.24) is 0 Å². The Bertz CT molecular complexity index is 283. The average molecular weight is 240 g/mol. The smallest absolute Gasteiger partial charge is 0.331 e. The zero-order chi connectivity index (χ0) is 12.5. The largest absolute Gasteiger partial charge is 0.469 e. The topological polar surface area (TPSA) is 52.6 Å². The van der Waals surface area contributed by atoms with Gasteiger partial charge in [0.1, 0.15) is 6.10 Å². The van der Waals surface area contributed by atoms with Gasteiger partial charge >= 0.3 is 11.9 Å². The second-order valence-corrected chi connectivity index (χ2v) is 4.22. The first-order chi connectivity index (χ1) is 8.22. The standard InChI is InChI=1S/C13H20O4/c1-16-12(14)8-6-4-2-3-5-7-11-9-10-13(15)17-11/h9-11H,2-8H2,1H3/t11-/m0/s1. The number of hydrogen-bond donors (Lipinski definition) is 0. The zero-order valence-corrected chi connectivity index (χ0v) is 10.3. The minimum atomic E-state index is -0.229. The molecular weight excluding hydrogens is 220 g/mol. The Kier molecular flexibility index (Phi) is 6.37. The van der Waals surface area contributed by atoms with Gasteiger partial charge in [0.05, 0.1) is 7.11 Å². The molecule has 0 unspecified atom stereocenters. The highest BCUT2D eigenvalue weighted by atomic mass is 16.5. The molecule has 0 N–H and O–H groups in total. The molecule has 1 aliphatic heterocycles. The fraction of sp³-hybridized carbons (Fsp3) is 0.692. The van der Waals surface area contributed by atoms with Gasteiger partial charge in [0.25, 0.3) is 0 Å². The van der Waals surface area contributed by atoms with Crippen LogP contribution >= 0.6 is 0 Å². The molecule has 17 heavy (non-hydrogen) atoms. The fourth-order valence-electron chi connectivity index (χ4n) is 1.82. The number of methoxy groups -OCH3 is 1. The second kappa shape index (κ2) is 7.87. The second-order valence-electron chi connectivity index (χ2n) is 4.22. The Hall–Kier alpha value is -1.32. The molecule has 0 bridgehead atoms. The first-order valence-electron chi connectivity index (χ1n) is 6.18. The molecule has 0 saturated heterocycles. The van der Waals surface area contributed by atoms with E-state index in [1.165, 1.54) is 13.2 Å². The summed E-state index contributed by atoms with van der Waals surface area (Å²) in [6, 6.07) is 0. The Morgan fingerprint density at radius 1 is 1.29 bits per heavy atom. The molecule has 1 rings (SSSR count). The van der Waals surface area contributed by atoms with E-state index in [1.54, 1.807) is 0 Å². The first kappa shape index (κ1) is 13.7. The van der Waals surface area contributed by atoms with Crippen LogP contribution in [0.1, 0.15) is 44.9 Å². The molecule has 0 fully saturated rings. The number of esters is 2. The predicted molar refractivity (Wildman–Crippen MR) is 63.4 cm³/mol. The molecular formula is C13H20O4. The van der Waals surface area contributed by atoms with Crippen LogP contribution in [-0.4, -0.2) is 25.2 Å². The van der Waals surface area contributed by atoms with Crippen molar-refractivity contribution in [1.29, 1.82) is 0 Å². The van der Waals surface area contributed by atoms with Crippen molar-refractivity contribution in [2.45, 2.75) is 51.0 Å². The van der Waals surface area contributed by atoms with E-state index in [4.69, 9.17) is 4.74 Å². The SMILES string of the molecule is COC(=O)CCCCCCC[C@H]1C=CC(=O)O1. The van der Waals surface area contributed by atoms with Crippen molar-refractivity contribution < 1.29 is 19.1 Å². The summed E-state index contributed by atoms with van der Waals surface area (Å²) in [5.74, 6) is -0.360. The Morgan fingerprint density at radius 2 is 2.00 bits per heavy atom. The maximum absolute atomic E-state index is 10.8. The van der Waals surface area contributed by atoms with Gasteiger partial charge in [0.2, 0.25) is 0 Å². The summed E-state index contributed by atoms with van der Waals surface area (Å²) in [6.07, 6.45) is 9.93. The van der Waals surface area contributed by atoms with Crippen LogP contribution in [0.15, 0.2) is 12.2 Å². The number of ether oxygens (including phenoxy) is 2. The molecule has 0 amide bonds. The zero-order valence-electron chi connectivity index (χ0n) is 10.3. The van der Waals surface area contributed by atoms with Gasteiger partial charge in [-0.05, 0) is 25.3 Å². The van der Waals surface area contributed by atoms with Crippen LogP contribution < -0.4 is 0 Å². The summed E-state index contributed by atoms with van der Waals surface area (Å²) < 4.78 is 9.58. The Balaban J connectivity index is 1.86. The van der Waals surface area contributed by atoms with Gasteiger partial charge in [0, 0.05) is 12.5 Å². The molecule has 4 nitrogen and oxygen atoms in total. The highest BCUT2D eigenvalue weighted by Crippen LogP contribution is 2.14. The number of carbonyl (C=O) groups excluding carboxylic acids is 2. The summed E-state index contributed by atoms with van der Waals surface area (Å²) in [4.78, 5) is 21.6. The summed E-state index contributed by atoms with van der Waals surface area (Å²) >= 11 is 0. The molecule has 1 heterocycles. The van der Waals surface area contributed by atoms with Crippen molar-refractivity contribution in [2.75, 3.05) is 7.11 Å². The minimum Gasteiger partial charge on any atom is -0.469 e. The molecule has 0 saturated carbocycles. The van der Waals surface area contributed by atoms with Gasteiger partial charge in [-0.25, -0.2) is 4.79 Å². The van der Waals surface area contributed by atoms with E-state index >= 15 is 0 Å². The van der Waals surface area contributed by atoms with Gasteiger partial charge in [0.15, 0.2) is 0 Å². The predicted octanol–water partition coefficient (Wildman–Crippen LogP) is 2.37. The molecule has 1 aliphatic rings. The third-order valence-corrected chi connectivity index (χ3v) is 2.81. The van der Waals surface area contributed by atoms with E-state index in [-0.39, 0.29) is 18.0 Å². The minimum absolute atomic E-state index is 0.0161. The maximum atomic E-state index is 10.8. The van der Waals surface area contributed by atoms with E-state index in [2.05, 4.69) is 4.74 Å². The number of cyclic esters (lactones) is 1. The van der Waals surface area contributed by atoms with Crippen LogP contribution in [0.2, 0.25) is 0 Å². The lowest BCUT2D eigenvalue weighted by molar-refractivity contribution is -0.141. The molecule has 0 spiro atoms. The summed E-state index contributed by atoms with van der Waals surface area (Å²) in [6.45, 7) is 0. The molecule has 0 radical (unpaired) electrons. The molecule has 4 heteroatoms. The van der Waals surface area contributed by atoms with Crippen LogP contribution in [0, 0.1) is 0 Å². The Labute approximate surface area is 102 Å². The van der Waals surface area contributed by atoms with Crippen LogP contribution in [0.4, 0.5) is 0 Å². The van der Waals surface area contributed by atoms with Crippen molar-refractivity contribution >= 4 is 11.9 Å². The van der Waals surface area contributed by atoms with Crippen LogP contribution in [0.5, 0.6) is 0 Å². The highest BCUT2D eigenvalue weighted by Gasteiger charge is 2.15. The summed E-state index contributed by atoms with van der Waals surface area (Å²) in [5.41, 5.74) is 0.